The van der Waals surface area contributed by atoms with E-state index in [4.69, 9.17) is 4.18 Å². The Balaban J connectivity index is 2.27. The summed E-state index contributed by atoms with van der Waals surface area (Å²) in [6.07, 6.45) is -4.05. The molecule has 0 radical (unpaired) electrons. The zero-order valence-electron chi connectivity index (χ0n) is 17.4. The summed E-state index contributed by atoms with van der Waals surface area (Å²) in [4.78, 5) is 14.3. The maximum absolute atomic E-state index is 13.3. The van der Waals surface area contributed by atoms with Gasteiger partial charge in [-0.3, -0.25) is 0 Å². The molecule has 0 bridgehead atoms. The van der Waals surface area contributed by atoms with Crippen LogP contribution in [0.2, 0.25) is 0 Å². The Morgan fingerprint density at radius 3 is 2.42 bits per heavy atom. The number of urea groups is 1. The molecule has 1 atom stereocenters. The van der Waals surface area contributed by atoms with Gasteiger partial charge >= 0.3 is 22.3 Å². The summed E-state index contributed by atoms with van der Waals surface area (Å²) in [5.41, 5.74) is -0.699. The van der Waals surface area contributed by atoms with Gasteiger partial charge in [0.05, 0.1) is 17.0 Å². The summed E-state index contributed by atoms with van der Waals surface area (Å²) in [7, 11) is -3.71. The van der Waals surface area contributed by atoms with E-state index in [9.17, 15) is 26.4 Å². The van der Waals surface area contributed by atoms with E-state index in [1.165, 1.54) is 42.2 Å². The van der Waals surface area contributed by atoms with Crippen molar-refractivity contribution in [1.82, 2.24) is 4.90 Å². The number of hydrogen-bond donors (Lipinski definition) is 1. The lowest BCUT2D eigenvalue weighted by Crippen LogP contribution is -2.41. The summed E-state index contributed by atoms with van der Waals surface area (Å²) in [6, 6.07) is 10.00. The third-order valence-corrected chi connectivity index (χ3v) is 5.84. The summed E-state index contributed by atoms with van der Waals surface area (Å²) >= 11 is 0. The summed E-state index contributed by atoms with van der Waals surface area (Å²) in [5, 5.41) is 2.35. The SMILES string of the molecule is CC[C@H](C)N(Cc1cccc(OS(=O)(=O)CC)c1)C(=O)Nc1ccccc1C(F)(F)F. The van der Waals surface area contributed by atoms with Crippen LogP contribution in [0.4, 0.5) is 23.7 Å². The number of anilines is 1. The molecule has 0 aliphatic carbocycles. The fourth-order valence-electron chi connectivity index (χ4n) is 2.77. The molecular formula is C21H25F3N2O4S. The van der Waals surface area contributed by atoms with Gasteiger partial charge in [-0.25, -0.2) is 4.79 Å². The van der Waals surface area contributed by atoms with Crippen molar-refractivity contribution in [2.45, 2.75) is 46.0 Å². The zero-order chi connectivity index (χ0) is 23.2. The molecule has 10 heteroatoms. The fraction of sp³-hybridized carbons (Fsp3) is 0.381. The van der Waals surface area contributed by atoms with E-state index in [-0.39, 0.29) is 29.8 Å². The molecule has 6 nitrogen and oxygen atoms in total. The molecule has 2 aromatic carbocycles. The first-order valence-corrected chi connectivity index (χ1v) is 11.3. The van der Waals surface area contributed by atoms with E-state index in [0.29, 0.717) is 12.0 Å². The second-order valence-electron chi connectivity index (χ2n) is 6.94. The van der Waals surface area contributed by atoms with Crippen LogP contribution in [0.25, 0.3) is 0 Å². The van der Waals surface area contributed by atoms with Crippen LogP contribution in [-0.4, -0.2) is 31.1 Å². The molecule has 2 amide bonds. The van der Waals surface area contributed by atoms with Gasteiger partial charge in [-0.2, -0.15) is 21.6 Å². The highest BCUT2D eigenvalue weighted by Gasteiger charge is 2.34. The van der Waals surface area contributed by atoms with Crippen LogP contribution in [0, 0.1) is 0 Å². The van der Waals surface area contributed by atoms with Gasteiger partial charge in [0.2, 0.25) is 0 Å². The Bertz CT molecular complexity index is 1010. The van der Waals surface area contributed by atoms with Crippen molar-refractivity contribution in [3.8, 4) is 5.75 Å². The van der Waals surface area contributed by atoms with Crippen molar-refractivity contribution in [3.05, 3.63) is 59.7 Å². The number of halogens is 3. The number of nitrogens with one attached hydrogen (secondary N) is 1. The number of rotatable bonds is 8. The van der Waals surface area contributed by atoms with E-state index in [1.807, 2.05) is 6.92 Å². The Kier molecular flexibility index (Phi) is 7.94. The van der Waals surface area contributed by atoms with Gasteiger partial charge in [-0.15, -0.1) is 0 Å². The highest BCUT2D eigenvalue weighted by atomic mass is 32.2. The van der Waals surface area contributed by atoms with Crippen LogP contribution >= 0.6 is 0 Å². The average Bonchev–Trinajstić information content (AvgIpc) is 2.71. The Labute approximate surface area is 180 Å². The number of nitrogens with zero attached hydrogens (tertiary/aromatic N) is 1. The van der Waals surface area contributed by atoms with Crippen molar-refractivity contribution in [2.24, 2.45) is 0 Å². The molecular weight excluding hydrogens is 433 g/mol. The maximum atomic E-state index is 13.3. The first-order chi connectivity index (χ1) is 14.5. The number of carbonyl (C=O) groups excluding carboxylic acids is 1. The van der Waals surface area contributed by atoms with Gasteiger partial charge in [-0.1, -0.05) is 31.2 Å². The van der Waals surface area contributed by atoms with Crippen LogP contribution in [-0.2, 0) is 22.8 Å². The number of carbonyl (C=O) groups is 1. The molecule has 0 aliphatic rings. The van der Waals surface area contributed by atoms with Crippen LogP contribution < -0.4 is 9.50 Å². The van der Waals surface area contributed by atoms with Gasteiger partial charge in [0.1, 0.15) is 5.75 Å². The lowest BCUT2D eigenvalue weighted by atomic mass is 10.1. The molecule has 0 saturated heterocycles. The molecule has 2 rings (SSSR count). The Morgan fingerprint density at radius 2 is 1.81 bits per heavy atom. The first kappa shape index (κ1) is 24.5. The van der Waals surface area contributed by atoms with Crippen molar-refractivity contribution < 1.29 is 30.6 Å². The molecule has 31 heavy (non-hydrogen) atoms. The molecule has 0 aliphatic heterocycles. The minimum Gasteiger partial charge on any atom is -0.382 e. The predicted octanol–water partition coefficient (Wildman–Crippen LogP) is 5.27. The Hall–Kier alpha value is -2.75. The van der Waals surface area contributed by atoms with Crippen molar-refractivity contribution in [2.75, 3.05) is 11.1 Å². The number of hydrogen-bond acceptors (Lipinski definition) is 4. The van der Waals surface area contributed by atoms with Gasteiger partial charge in [-0.05, 0) is 50.1 Å². The molecule has 0 aromatic heterocycles. The average molecular weight is 459 g/mol. The standard InChI is InChI=1S/C21H25F3N2O4S/c1-4-15(3)26(14-16-9-8-10-17(13-16)30-31(28,29)5-2)20(27)25-19-12-7-6-11-18(19)21(22,23)24/h6-13,15H,4-5,14H2,1-3H3,(H,25,27)/t15-/m0/s1. The van der Waals surface area contributed by atoms with Crippen molar-refractivity contribution in [3.63, 3.8) is 0 Å². The lowest BCUT2D eigenvalue weighted by Gasteiger charge is -2.29. The lowest BCUT2D eigenvalue weighted by molar-refractivity contribution is -0.136. The highest BCUT2D eigenvalue weighted by Crippen LogP contribution is 2.34. The fourth-order valence-corrected chi connectivity index (χ4v) is 3.29. The van der Waals surface area contributed by atoms with Crippen molar-refractivity contribution >= 4 is 21.8 Å². The molecule has 0 unspecified atom stereocenters. The predicted molar refractivity (Wildman–Crippen MR) is 112 cm³/mol. The third kappa shape index (κ3) is 6.88. The second-order valence-corrected chi connectivity index (χ2v) is 8.80. The molecule has 0 fully saturated rings. The number of benzene rings is 2. The van der Waals surface area contributed by atoms with Crippen LogP contribution in [0.15, 0.2) is 48.5 Å². The third-order valence-electron chi connectivity index (χ3n) is 4.69. The van der Waals surface area contributed by atoms with E-state index in [0.717, 1.165) is 6.07 Å². The van der Waals surface area contributed by atoms with Crippen molar-refractivity contribution in [1.29, 1.82) is 0 Å². The molecule has 0 heterocycles. The normalized spacial score (nSPS) is 12.8. The first-order valence-electron chi connectivity index (χ1n) is 9.71. The molecule has 2 aromatic rings. The molecule has 0 spiro atoms. The monoisotopic (exact) mass is 458 g/mol. The quantitative estimate of drug-likeness (QED) is 0.547. The number of amides is 2. The molecule has 1 N–H and O–H groups in total. The number of alkyl halides is 3. The summed E-state index contributed by atoms with van der Waals surface area (Å²) in [6.45, 7) is 5.13. The maximum Gasteiger partial charge on any atom is 0.418 e. The van der Waals surface area contributed by atoms with Crippen LogP contribution in [0.5, 0.6) is 5.75 Å². The topological polar surface area (TPSA) is 75.7 Å². The summed E-state index contributed by atoms with van der Waals surface area (Å²) in [5.74, 6) is -0.0941. The van der Waals surface area contributed by atoms with Gasteiger partial charge in [0.15, 0.2) is 0 Å². The highest BCUT2D eigenvalue weighted by molar-refractivity contribution is 7.87. The van der Waals surface area contributed by atoms with E-state index < -0.39 is 27.9 Å². The summed E-state index contributed by atoms with van der Waals surface area (Å²) < 4.78 is 68.1. The van der Waals surface area contributed by atoms with E-state index in [1.54, 1.807) is 19.1 Å². The van der Waals surface area contributed by atoms with Crippen LogP contribution in [0.1, 0.15) is 38.3 Å². The van der Waals surface area contributed by atoms with Gasteiger partial charge in [0, 0.05) is 12.6 Å². The Morgan fingerprint density at radius 1 is 1.13 bits per heavy atom. The van der Waals surface area contributed by atoms with Crippen LogP contribution in [0.3, 0.4) is 0 Å². The van der Waals surface area contributed by atoms with Gasteiger partial charge in [0.25, 0.3) is 0 Å². The molecule has 170 valence electrons. The van der Waals surface area contributed by atoms with E-state index >= 15 is 0 Å². The number of para-hydroxylation sites is 1. The largest absolute Gasteiger partial charge is 0.418 e. The van der Waals surface area contributed by atoms with Gasteiger partial charge < -0.3 is 14.4 Å². The zero-order valence-corrected chi connectivity index (χ0v) is 18.3. The second kappa shape index (κ2) is 10.0. The minimum atomic E-state index is -4.61. The molecule has 0 saturated carbocycles. The minimum absolute atomic E-state index is 0.0540. The smallest absolute Gasteiger partial charge is 0.382 e. The van der Waals surface area contributed by atoms with E-state index in [2.05, 4.69) is 5.32 Å².